The molecule has 0 radical (unpaired) electrons. The number of aromatic amines is 1. The molecule has 0 saturated carbocycles. The minimum atomic E-state index is -0.283. The van der Waals surface area contributed by atoms with Gasteiger partial charge in [-0.1, -0.05) is 13.8 Å². The van der Waals surface area contributed by atoms with Crippen LogP contribution in [0.15, 0.2) is 22.0 Å². The molecule has 5 heteroatoms. The first-order chi connectivity index (χ1) is 7.49. The van der Waals surface area contributed by atoms with Crippen molar-refractivity contribution in [3.63, 3.8) is 0 Å². The van der Waals surface area contributed by atoms with E-state index in [-0.39, 0.29) is 22.8 Å². The number of aromatic nitrogens is 3. The van der Waals surface area contributed by atoms with E-state index >= 15 is 0 Å². The molecule has 0 aliphatic rings. The maximum absolute atomic E-state index is 11.6. The van der Waals surface area contributed by atoms with Crippen molar-refractivity contribution >= 4 is 5.78 Å². The highest BCUT2D eigenvalue weighted by molar-refractivity contribution is 5.30. The predicted molar refractivity (Wildman–Crippen MR) is 60.9 cm³/mol. The van der Waals surface area contributed by atoms with Gasteiger partial charge in [-0.2, -0.15) is 4.98 Å². The number of nitrogens with zero attached hydrogens (tertiary/aromatic N) is 2. The van der Waals surface area contributed by atoms with E-state index in [2.05, 4.69) is 9.97 Å². The van der Waals surface area contributed by atoms with Crippen molar-refractivity contribution in [3.8, 4) is 0 Å². The highest BCUT2D eigenvalue weighted by Crippen LogP contribution is 2.08. The van der Waals surface area contributed by atoms with Gasteiger partial charge in [0, 0.05) is 23.5 Å². The molecule has 0 bridgehead atoms. The molecule has 0 aromatic carbocycles. The fourth-order valence-corrected chi connectivity index (χ4v) is 1.54. The summed E-state index contributed by atoms with van der Waals surface area (Å²) >= 11 is 0. The van der Waals surface area contributed by atoms with E-state index in [1.54, 1.807) is 23.7 Å². The molecule has 2 rings (SSSR count). The average Bonchev–Trinajstić information content (AvgIpc) is 2.19. The summed E-state index contributed by atoms with van der Waals surface area (Å²) in [5.74, 6) is 0.397. The molecule has 2 aromatic heterocycles. The van der Waals surface area contributed by atoms with Crippen LogP contribution in [0, 0.1) is 6.92 Å². The van der Waals surface area contributed by atoms with Gasteiger partial charge in [0.2, 0.25) is 5.78 Å². The number of H-pyrrole nitrogens is 1. The highest BCUT2D eigenvalue weighted by atomic mass is 16.1. The Kier molecular flexibility index (Phi) is 2.38. The van der Waals surface area contributed by atoms with Crippen LogP contribution in [-0.4, -0.2) is 14.4 Å². The van der Waals surface area contributed by atoms with E-state index in [1.165, 1.54) is 0 Å². The summed E-state index contributed by atoms with van der Waals surface area (Å²) in [6.45, 7) is 5.58. The lowest BCUT2D eigenvalue weighted by Crippen LogP contribution is -2.21. The molecule has 16 heavy (non-hydrogen) atoms. The van der Waals surface area contributed by atoms with Gasteiger partial charge in [-0.05, 0) is 12.8 Å². The summed E-state index contributed by atoms with van der Waals surface area (Å²) < 4.78 is 1.67. The highest BCUT2D eigenvalue weighted by Gasteiger charge is 2.08. The smallest absolute Gasteiger partial charge is 0.277 e. The van der Waals surface area contributed by atoms with Crippen molar-refractivity contribution in [3.05, 3.63) is 44.2 Å². The van der Waals surface area contributed by atoms with E-state index in [9.17, 15) is 9.59 Å². The van der Waals surface area contributed by atoms with Crippen LogP contribution >= 0.6 is 0 Å². The normalized spacial score (nSPS) is 11.2. The van der Waals surface area contributed by atoms with Crippen LogP contribution in [0.5, 0.6) is 0 Å². The molecule has 0 spiro atoms. The zero-order valence-corrected chi connectivity index (χ0v) is 9.44. The number of hydrogen-bond acceptors (Lipinski definition) is 3. The summed E-state index contributed by atoms with van der Waals surface area (Å²) in [4.78, 5) is 29.4. The van der Waals surface area contributed by atoms with Crippen LogP contribution < -0.4 is 11.1 Å². The summed E-state index contributed by atoms with van der Waals surface area (Å²) in [6, 6.07) is 0. The molecular formula is C11H13N3O2. The Hall–Kier alpha value is -1.91. The predicted octanol–water partition coefficient (Wildman–Crippen LogP) is 0.815. The van der Waals surface area contributed by atoms with Crippen molar-refractivity contribution in [2.24, 2.45) is 0 Å². The number of aryl methyl sites for hydroxylation is 1. The molecule has 0 saturated heterocycles. The molecule has 5 nitrogen and oxygen atoms in total. The van der Waals surface area contributed by atoms with Crippen LogP contribution in [0.3, 0.4) is 0 Å². The maximum Gasteiger partial charge on any atom is 0.277 e. The van der Waals surface area contributed by atoms with Crippen LogP contribution in [0.25, 0.3) is 5.78 Å². The van der Waals surface area contributed by atoms with Crippen molar-refractivity contribution in [1.82, 2.24) is 14.4 Å². The van der Waals surface area contributed by atoms with E-state index < -0.39 is 0 Å². The lowest BCUT2D eigenvalue weighted by Gasteiger charge is -2.06. The SMILES string of the molecule is Cc1cn2cc(C(C)C)c(=O)nc2[nH]c1=O. The van der Waals surface area contributed by atoms with E-state index in [4.69, 9.17) is 0 Å². The fourth-order valence-electron chi connectivity index (χ4n) is 1.54. The number of rotatable bonds is 1. The zero-order chi connectivity index (χ0) is 11.9. The van der Waals surface area contributed by atoms with Crippen LogP contribution in [0.2, 0.25) is 0 Å². The second-order valence-corrected chi connectivity index (χ2v) is 4.15. The van der Waals surface area contributed by atoms with Gasteiger partial charge in [0.05, 0.1) is 0 Å². The van der Waals surface area contributed by atoms with Gasteiger partial charge >= 0.3 is 0 Å². The van der Waals surface area contributed by atoms with Crippen LogP contribution in [0.1, 0.15) is 30.9 Å². The third kappa shape index (κ3) is 1.64. The number of nitrogens with one attached hydrogen (secondary N) is 1. The first kappa shape index (κ1) is 10.6. The van der Waals surface area contributed by atoms with Gasteiger partial charge in [-0.25, -0.2) is 0 Å². The second-order valence-electron chi connectivity index (χ2n) is 4.15. The molecule has 0 atom stereocenters. The monoisotopic (exact) mass is 219 g/mol. The molecule has 0 aliphatic heterocycles. The summed E-state index contributed by atoms with van der Waals surface area (Å²) in [5.41, 5.74) is 0.732. The molecule has 1 N–H and O–H groups in total. The lowest BCUT2D eigenvalue weighted by molar-refractivity contribution is 0.818. The van der Waals surface area contributed by atoms with Crippen molar-refractivity contribution in [1.29, 1.82) is 0 Å². The Balaban J connectivity index is 2.85. The average molecular weight is 219 g/mol. The van der Waals surface area contributed by atoms with Gasteiger partial charge in [0.1, 0.15) is 0 Å². The second kappa shape index (κ2) is 3.59. The third-order valence-electron chi connectivity index (χ3n) is 2.52. The summed E-state index contributed by atoms with van der Waals surface area (Å²) in [6.07, 6.45) is 3.39. The number of hydrogen-bond donors (Lipinski definition) is 1. The molecular weight excluding hydrogens is 206 g/mol. The molecule has 0 aliphatic carbocycles. The Morgan fingerprint density at radius 2 is 2.00 bits per heavy atom. The first-order valence-corrected chi connectivity index (χ1v) is 5.12. The van der Waals surface area contributed by atoms with Crippen molar-refractivity contribution < 1.29 is 0 Å². The van der Waals surface area contributed by atoms with E-state index in [0.29, 0.717) is 11.1 Å². The number of fused-ring (bicyclic) bond motifs is 1. The fraction of sp³-hybridized carbons (Fsp3) is 0.364. The molecule has 2 heterocycles. The Morgan fingerprint density at radius 3 is 2.62 bits per heavy atom. The quantitative estimate of drug-likeness (QED) is 0.772. The largest absolute Gasteiger partial charge is 0.293 e. The third-order valence-corrected chi connectivity index (χ3v) is 2.52. The zero-order valence-electron chi connectivity index (χ0n) is 9.44. The van der Waals surface area contributed by atoms with Gasteiger partial charge in [0.25, 0.3) is 11.1 Å². The van der Waals surface area contributed by atoms with E-state index in [1.807, 2.05) is 13.8 Å². The van der Waals surface area contributed by atoms with Gasteiger partial charge in [0.15, 0.2) is 0 Å². The minimum absolute atomic E-state index is 0.115. The Labute approximate surface area is 91.8 Å². The molecule has 0 fully saturated rings. The Morgan fingerprint density at radius 1 is 1.31 bits per heavy atom. The van der Waals surface area contributed by atoms with Crippen LogP contribution in [-0.2, 0) is 0 Å². The molecule has 0 amide bonds. The van der Waals surface area contributed by atoms with Crippen molar-refractivity contribution in [2.75, 3.05) is 0 Å². The minimum Gasteiger partial charge on any atom is -0.293 e. The van der Waals surface area contributed by atoms with Gasteiger partial charge in [-0.3, -0.25) is 19.0 Å². The molecule has 2 aromatic rings. The summed E-state index contributed by atoms with van der Waals surface area (Å²) in [7, 11) is 0. The topological polar surface area (TPSA) is 67.2 Å². The Bertz CT molecular complexity index is 652. The molecule has 84 valence electrons. The lowest BCUT2D eigenvalue weighted by atomic mass is 10.1. The van der Waals surface area contributed by atoms with Crippen molar-refractivity contribution in [2.45, 2.75) is 26.7 Å². The summed E-state index contributed by atoms with van der Waals surface area (Å²) in [5, 5.41) is 0. The van der Waals surface area contributed by atoms with E-state index in [0.717, 1.165) is 0 Å². The first-order valence-electron chi connectivity index (χ1n) is 5.12. The van der Waals surface area contributed by atoms with Crippen LogP contribution in [0.4, 0.5) is 0 Å². The standard InChI is InChI=1S/C11H13N3O2/c1-6(2)8-5-14-4-7(3)9(15)12-11(14)13-10(8)16/h4-6H,1-3H3,(H,12,13,15,16). The van der Waals surface area contributed by atoms with Gasteiger partial charge in [-0.15, -0.1) is 0 Å². The van der Waals surface area contributed by atoms with Gasteiger partial charge < -0.3 is 0 Å². The molecule has 0 unspecified atom stereocenters. The maximum atomic E-state index is 11.6.